The van der Waals surface area contributed by atoms with Crippen molar-refractivity contribution in [3.63, 3.8) is 0 Å². The van der Waals surface area contributed by atoms with E-state index >= 15 is 0 Å². The Balaban J connectivity index is 1.39. The Labute approximate surface area is 167 Å². The third kappa shape index (κ3) is 4.31. The number of piperidine rings is 1. The summed E-state index contributed by atoms with van der Waals surface area (Å²) in [6, 6.07) is 12.6. The first-order valence-corrected chi connectivity index (χ1v) is 9.63. The minimum atomic E-state index is -0.286. The van der Waals surface area contributed by atoms with E-state index in [1.807, 2.05) is 31.2 Å². The summed E-state index contributed by atoms with van der Waals surface area (Å²) in [5, 5.41) is 5.80. The molecule has 8 heteroatoms. The Bertz CT molecular complexity index is 1120. The van der Waals surface area contributed by atoms with E-state index in [0.29, 0.717) is 29.8 Å². The molecule has 150 valence electrons. The highest BCUT2D eigenvalue weighted by atomic mass is 16.2. The molecule has 1 aliphatic heterocycles. The van der Waals surface area contributed by atoms with E-state index in [4.69, 9.17) is 0 Å². The van der Waals surface area contributed by atoms with Gasteiger partial charge in [0.05, 0.1) is 17.0 Å². The maximum Gasteiger partial charge on any atom is 0.323 e. The van der Waals surface area contributed by atoms with Gasteiger partial charge in [0, 0.05) is 24.5 Å². The van der Waals surface area contributed by atoms with Crippen LogP contribution in [0.1, 0.15) is 18.4 Å². The number of carbonyl (C=O) groups excluding carboxylic acids is 2. The molecule has 2 heterocycles. The Morgan fingerprint density at radius 2 is 1.83 bits per heavy atom. The van der Waals surface area contributed by atoms with E-state index < -0.39 is 0 Å². The van der Waals surface area contributed by atoms with Crippen LogP contribution in [-0.2, 0) is 4.79 Å². The van der Waals surface area contributed by atoms with Crippen molar-refractivity contribution >= 4 is 34.3 Å². The van der Waals surface area contributed by atoms with Gasteiger partial charge in [0.2, 0.25) is 5.91 Å². The second-order valence-corrected chi connectivity index (χ2v) is 7.41. The lowest BCUT2D eigenvalue weighted by atomic mass is 9.97. The summed E-state index contributed by atoms with van der Waals surface area (Å²) in [4.78, 5) is 43.7. The molecular weight excluding hydrogens is 370 g/mol. The van der Waals surface area contributed by atoms with Gasteiger partial charge in [0.1, 0.15) is 0 Å². The first-order chi connectivity index (χ1) is 14.0. The molecule has 1 aromatic heterocycles. The molecular formula is C21H23N5O3. The predicted molar refractivity (Wildman–Crippen MR) is 112 cm³/mol. The molecule has 4 N–H and O–H groups in total. The number of rotatable bonds is 3. The summed E-state index contributed by atoms with van der Waals surface area (Å²) in [7, 11) is 0. The number of hydrogen-bond acceptors (Lipinski definition) is 3. The highest BCUT2D eigenvalue weighted by Crippen LogP contribution is 2.21. The quantitative estimate of drug-likeness (QED) is 0.549. The van der Waals surface area contributed by atoms with Gasteiger partial charge in [-0.15, -0.1) is 0 Å². The smallest absolute Gasteiger partial charge is 0.323 e. The molecule has 1 saturated heterocycles. The standard InChI is InChI=1S/C21H23N5O3/c1-13-4-2-6-15(10-13)23-21(29)26-9-3-5-14(12-26)19(27)22-16-7-8-17-18(11-16)25-20(28)24-17/h2,4,6-8,10-11,14H,3,5,9,12H2,1H3,(H,22,27)(H,23,29)(H2,24,25,28). The van der Waals surface area contributed by atoms with Crippen LogP contribution >= 0.6 is 0 Å². The molecule has 4 rings (SSSR count). The SMILES string of the molecule is Cc1cccc(NC(=O)N2CCCC(C(=O)Nc3ccc4[nH]c(=O)[nH]c4c3)C2)c1. The molecule has 0 radical (unpaired) electrons. The number of H-pyrrole nitrogens is 2. The van der Waals surface area contributed by atoms with Gasteiger partial charge in [-0.05, 0) is 55.7 Å². The number of aromatic nitrogens is 2. The molecule has 1 unspecified atom stereocenters. The van der Waals surface area contributed by atoms with Crippen LogP contribution in [0.15, 0.2) is 47.3 Å². The van der Waals surface area contributed by atoms with E-state index in [1.165, 1.54) is 0 Å². The van der Waals surface area contributed by atoms with Gasteiger partial charge in [-0.1, -0.05) is 12.1 Å². The fourth-order valence-corrected chi connectivity index (χ4v) is 3.66. The van der Waals surface area contributed by atoms with E-state index in [1.54, 1.807) is 23.1 Å². The van der Waals surface area contributed by atoms with E-state index in [2.05, 4.69) is 20.6 Å². The average Bonchev–Trinajstić information content (AvgIpc) is 3.07. The molecule has 0 spiro atoms. The molecule has 29 heavy (non-hydrogen) atoms. The van der Waals surface area contributed by atoms with Crippen molar-refractivity contribution in [2.45, 2.75) is 19.8 Å². The molecule has 3 amide bonds. The van der Waals surface area contributed by atoms with Gasteiger partial charge >= 0.3 is 11.7 Å². The number of imidazole rings is 1. The van der Waals surface area contributed by atoms with Crippen LogP contribution in [-0.4, -0.2) is 39.9 Å². The normalized spacial score (nSPS) is 16.6. The van der Waals surface area contributed by atoms with Gasteiger partial charge in [-0.2, -0.15) is 0 Å². The second-order valence-electron chi connectivity index (χ2n) is 7.41. The number of hydrogen-bond donors (Lipinski definition) is 4. The number of amides is 3. The maximum atomic E-state index is 12.7. The molecule has 1 aliphatic rings. The number of urea groups is 1. The van der Waals surface area contributed by atoms with Crippen molar-refractivity contribution in [1.82, 2.24) is 14.9 Å². The van der Waals surface area contributed by atoms with Crippen molar-refractivity contribution in [1.29, 1.82) is 0 Å². The third-order valence-electron chi connectivity index (χ3n) is 5.13. The molecule has 1 atom stereocenters. The van der Waals surface area contributed by atoms with Gasteiger partial charge in [0.15, 0.2) is 0 Å². The van der Waals surface area contributed by atoms with E-state index in [0.717, 1.165) is 24.1 Å². The van der Waals surface area contributed by atoms with E-state index in [9.17, 15) is 14.4 Å². The number of anilines is 2. The number of nitrogens with zero attached hydrogens (tertiary/aromatic N) is 1. The zero-order valence-corrected chi connectivity index (χ0v) is 16.1. The number of aromatic amines is 2. The minimum Gasteiger partial charge on any atom is -0.326 e. The van der Waals surface area contributed by atoms with Crippen LogP contribution in [0.2, 0.25) is 0 Å². The van der Waals surface area contributed by atoms with Gasteiger partial charge in [-0.25, -0.2) is 9.59 Å². The number of aryl methyl sites for hydroxylation is 1. The monoisotopic (exact) mass is 393 g/mol. The van der Waals surface area contributed by atoms with Crippen LogP contribution < -0.4 is 16.3 Å². The highest BCUT2D eigenvalue weighted by molar-refractivity contribution is 5.95. The largest absolute Gasteiger partial charge is 0.326 e. The lowest BCUT2D eigenvalue weighted by Crippen LogP contribution is -2.45. The van der Waals surface area contributed by atoms with Crippen LogP contribution in [0.5, 0.6) is 0 Å². The summed E-state index contributed by atoms with van der Waals surface area (Å²) in [6.45, 7) is 2.96. The summed E-state index contributed by atoms with van der Waals surface area (Å²) in [5.74, 6) is -0.414. The molecule has 0 bridgehead atoms. The Morgan fingerprint density at radius 3 is 2.66 bits per heavy atom. The Morgan fingerprint density at radius 1 is 1.03 bits per heavy atom. The number of benzene rings is 2. The number of likely N-dealkylation sites (tertiary alicyclic amines) is 1. The summed E-state index contributed by atoms with van der Waals surface area (Å²) < 4.78 is 0. The number of fused-ring (bicyclic) bond motifs is 1. The molecule has 0 aliphatic carbocycles. The average molecular weight is 393 g/mol. The summed E-state index contributed by atoms with van der Waals surface area (Å²) in [6.07, 6.45) is 1.49. The fourth-order valence-electron chi connectivity index (χ4n) is 3.66. The third-order valence-corrected chi connectivity index (χ3v) is 5.13. The predicted octanol–water partition coefficient (Wildman–Crippen LogP) is 3.05. The van der Waals surface area contributed by atoms with Gasteiger partial charge in [-0.3, -0.25) is 4.79 Å². The van der Waals surface area contributed by atoms with Gasteiger partial charge in [0.25, 0.3) is 0 Å². The number of carbonyl (C=O) groups is 2. The van der Waals surface area contributed by atoms with Gasteiger partial charge < -0.3 is 25.5 Å². The maximum absolute atomic E-state index is 12.7. The fraction of sp³-hybridized carbons (Fsp3) is 0.286. The first-order valence-electron chi connectivity index (χ1n) is 9.63. The van der Waals surface area contributed by atoms with Crippen LogP contribution in [0, 0.1) is 12.8 Å². The van der Waals surface area contributed by atoms with Crippen LogP contribution in [0.25, 0.3) is 11.0 Å². The Hall–Kier alpha value is -3.55. The van der Waals surface area contributed by atoms with Crippen molar-refractivity contribution in [2.75, 3.05) is 23.7 Å². The number of nitrogens with one attached hydrogen (secondary N) is 4. The molecule has 0 saturated carbocycles. The van der Waals surface area contributed by atoms with Crippen molar-refractivity contribution in [2.24, 2.45) is 5.92 Å². The Kier molecular flexibility index (Phi) is 5.07. The van der Waals surface area contributed by atoms with E-state index in [-0.39, 0.29) is 23.5 Å². The zero-order valence-electron chi connectivity index (χ0n) is 16.1. The molecule has 3 aromatic rings. The summed E-state index contributed by atoms with van der Waals surface area (Å²) in [5.41, 5.74) is 3.46. The van der Waals surface area contributed by atoms with Crippen molar-refractivity contribution < 1.29 is 9.59 Å². The second kappa shape index (κ2) is 7.83. The van der Waals surface area contributed by atoms with Crippen LogP contribution in [0.4, 0.5) is 16.2 Å². The highest BCUT2D eigenvalue weighted by Gasteiger charge is 2.28. The van der Waals surface area contributed by atoms with Crippen molar-refractivity contribution in [3.05, 3.63) is 58.5 Å². The lowest BCUT2D eigenvalue weighted by Gasteiger charge is -2.32. The minimum absolute atomic E-state index is 0.129. The lowest BCUT2D eigenvalue weighted by molar-refractivity contribution is -0.121. The molecule has 1 fully saturated rings. The summed E-state index contributed by atoms with van der Waals surface area (Å²) >= 11 is 0. The first kappa shape index (κ1) is 18.8. The topological polar surface area (TPSA) is 110 Å². The van der Waals surface area contributed by atoms with Crippen molar-refractivity contribution in [3.8, 4) is 0 Å². The molecule has 2 aromatic carbocycles. The zero-order chi connectivity index (χ0) is 20.4. The molecule has 8 nitrogen and oxygen atoms in total. The van der Waals surface area contributed by atoms with Crippen LogP contribution in [0.3, 0.4) is 0 Å².